The first-order valence-corrected chi connectivity index (χ1v) is 10.4. The number of aromatic nitrogens is 4. The Kier molecular flexibility index (Phi) is 6.08. The van der Waals surface area contributed by atoms with Crippen LogP contribution in [-0.2, 0) is 17.8 Å². The van der Waals surface area contributed by atoms with Crippen molar-refractivity contribution in [2.75, 3.05) is 0 Å². The zero-order chi connectivity index (χ0) is 25.4. The Hall–Kier alpha value is -3.82. The molecule has 180 valence electrons. The summed E-state index contributed by atoms with van der Waals surface area (Å²) >= 11 is 0. The van der Waals surface area contributed by atoms with Crippen LogP contribution in [0.15, 0.2) is 73.1 Å². The standard InChI is InChI=1S/C25H18F6N4/c1-23(2,19-11-3-9-17(34-19)15-7-5-13-32-21(15)24(26,27)28)20-12-4-10-18(35-20)16-8-6-14-33-22(16)25(29,30)31/h3-14H,1-2H3. The van der Waals surface area contributed by atoms with Crippen LogP contribution >= 0.6 is 0 Å². The largest absolute Gasteiger partial charge is 0.434 e. The normalized spacial score (nSPS) is 12.6. The number of nitrogens with zero attached hydrogens (tertiary/aromatic N) is 4. The van der Waals surface area contributed by atoms with Crippen LogP contribution in [-0.4, -0.2) is 19.9 Å². The van der Waals surface area contributed by atoms with Gasteiger partial charge >= 0.3 is 12.4 Å². The van der Waals surface area contributed by atoms with E-state index in [-0.39, 0.29) is 22.5 Å². The average Bonchev–Trinajstić information content (AvgIpc) is 2.83. The van der Waals surface area contributed by atoms with Gasteiger partial charge in [-0.3, -0.25) is 19.9 Å². The smallest absolute Gasteiger partial charge is 0.252 e. The molecular weight excluding hydrogens is 470 g/mol. The highest BCUT2D eigenvalue weighted by molar-refractivity contribution is 5.64. The van der Waals surface area contributed by atoms with Crippen molar-refractivity contribution in [3.8, 4) is 22.5 Å². The molecule has 0 aliphatic carbocycles. The van der Waals surface area contributed by atoms with E-state index in [9.17, 15) is 26.3 Å². The molecule has 4 heterocycles. The Bertz CT molecular complexity index is 1260. The van der Waals surface area contributed by atoms with Crippen molar-refractivity contribution in [2.45, 2.75) is 31.6 Å². The predicted octanol–water partition coefficient (Wildman–Crippen LogP) is 6.96. The van der Waals surface area contributed by atoms with Gasteiger partial charge in [0.1, 0.15) is 0 Å². The van der Waals surface area contributed by atoms with Crippen LogP contribution in [0, 0.1) is 0 Å². The first-order valence-electron chi connectivity index (χ1n) is 10.4. The van der Waals surface area contributed by atoms with E-state index in [0.29, 0.717) is 11.4 Å². The molecule has 0 radical (unpaired) electrons. The lowest BCUT2D eigenvalue weighted by molar-refractivity contribution is -0.141. The van der Waals surface area contributed by atoms with E-state index in [1.54, 1.807) is 38.1 Å². The molecule has 0 atom stereocenters. The van der Waals surface area contributed by atoms with E-state index in [2.05, 4.69) is 19.9 Å². The molecule has 0 saturated heterocycles. The lowest BCUT2D eigenvalue weighted by atomic mass is 9.84. The monoisotopic (exact) mass is 488 g/mol. The fourth-order valence-electron chi connectivity index (χ4n) is 3.67. The Morgan fingerprint density at radius 1 is 0.543 bits per heavy atom. The fraction of sp³-hybridized carbons (Fsp3) is 0.200. The van der Waals surface area contributed by atoms with Crippen molar-refractivity contribution >= 4 is 0 Å². The summed E-state index contributed by atoms with van der Waals surface area (Å²) in [6.45, 7) is 3.49. The molecule has 4 aromatic heterocycles. The van der Waals surface area contributed by atoms with Gasteiger partial charge in [-0.05, 0) is 62.4 Å². The van der Waals surface area contributed by atoms with Crippen molar-refractivity contribution < 1.29 is 26.3 Å². The van der Waals surface area contributed by atoms with Gasteiger partial charge < -0.3 is 0 Å². The summed E-state index contributed by atoms with van der Waals surface area (Å²) in [6, 6.07) is 14.6. The number of rotatable bonds is 4. The molecular formula is C25H18F6N4. The zero-order valence-corrected chi connectivity index (χ0v) is 18.5. The quantitative estimate of drug-likeness (QED) is 0.291. The first-order chi connectivity index (χ1) is 16.4. The number of hydrogen-bond acceptors (Lipinski definition) is 4. The molecule has 0 aromatic carbocycles. The summed E-state index contributed by atoms with van der Waals surface area (Å²) < 4.78 is 80.8. The second kappa shape index (κ2) is 8.75. The maximum Gasteiger partial charge on any atom is 0.434 e. The van der Waals surface area contributed by atoms with Crippen LogP contribution in [0.4, 0.5) is 26.3 Å². The van der Waals surface area contributed by atoms with Gasteiger partial charge in [0.15, 0.2) is 11.4 Å². The van der Waals surface area contributed by atoms with E-state index in [0.717, 1.165) is 12.4 Å². The molecule has 0 amide bonds. The van der Waals surface area contributed by atoms with Crippen LogP contribution in [0.5, 0.6) is 0 Å². The molecule has 0 aliphatic rings. The molecule has 0 saturated carbocycles. The molecule has 0 fully saturated rings. The Morgan fingerprint density at radius 3 is 1.31 bits per heavy atom. The van der Waals surface area contributed by atoms with E-state index < -0.39 is 29.2 Å². The van der Waals surface area contributed by atoms with E-state index in [1.807, 2.05) is 0 Å². The summed E-state index contributed by atoms with van der Waals surface area (Å²) in [5.41, 5.74) is -2.50. The second-order valence-corrected chi connectivity index (χ2v) is 8.24. The maximum absolute atomic E-state index is 13.5. The van der Waals surface area contributed by atoms with Gasteiger partial charge in [0.2, 0.25) is 0 Å². The molecule has 0 unspecified atom stereocenters. The van der Waals surface area contributed by atoms with Gasteiger partial charge in [0.25, 0.3) is 0 Å². The predicted molar refractivity (Wildman–Crippen MR) is 117 cm³/mol. The number of hydrogen-bond donors (Lipinski definition) is 0. The SMILES string of the molecule is CC(C)(c1cccc(-c2cccnc2C(F)(F)F)n1)c1cccc(-c2cccnc2C(F)(F)F)n1. The van der Waals surface area contributed by atoms with Gasteiger partial charge in [0, 0.05) is 28.9 Å². The van der Waals surface area contributed by atoms with Gasteiger partial charge in [0.05, 0.1) is 22.8 Å². The van der Waals surface area contributed by atoms with Gasteiger partial charge in [-0.15, -0.1) is 0 Å². The average molecular weight is 488 g/mol. The van der Waals surface area contributed by atoms with Crippen molar-refractivity contribution in [3.05, 3.63) is 95.8 Å². The fourth-order valence-corrected chi connectivity index (χ4v) is 3.67. The molecule has 0 N–H and O–H groups in total. The Morgan fingerprint density at radius 2 is 0.943 bits per heavy atom. The molecule has 0 aliphatic heterocycles. The van der Waals surface area contributed by atoms with Gasteiger partial charge in [-0.1, -0.05) is 12.1 Å². The van der Waals surface area contributed by atoms with E-state index >= 15 is 0 Å². The molecule has 4 aromatic rings. The second-order valence-electron chi connectivity index (χ2n) is 8.24. The molecule has 4 nitrogen and oxygen atoms in total. The minimum absolute atomic E-state index is 0.0683. The molecule has 35 heavy (non-hydrogen) atoms. The van der Waals surface area contributed by atoms with Gasteiger partial charge in [-0.2, -0.15) is 26.3 Å². The van der Waals surface area contributed by atoms with Crippen LogP contribution in [0.2, 0.25) is 0 Å². The van der Waals surface area contributed by atoms with Crippen molar-refractivity contribution in [1.82, 2.24) is 19.9 Å². The highest BCUT2D eigenvalue weighted by atomic mass is 19.4. The van der Waals surface area contributed by atoms with Crippen LogP contribution in [0.25, 0.3) is 22.5 Å². The highest BCUT2D eigenvalue weighted by Gasteiger charge is 2.37. The van der Waals surface area contributed by atoms with Crippen molar-refractivity contribution in [1.29, 1.82) is 0 Å². The number of alkyl halides is 6. The van der Waals surface area contributed by atoms with E-state index in [1.165, 1.54) is 36.4 Å². The minimum atomic E-state index is -4.67. The Balaban J connectivity index is 1.79. The lowest BCUT2D eigenvalue weighted by Crippen LogP contribution is -2.23. The lowest BCUT2D eigenvalue weighted by Gasteiger charge is -2.25. The molecule has 4 rings (SSSR count). The topological polar surface area (TPSA) is 51.6 Å². The van der Waals surface area contributed by atoms with Gasteiger partial charge in [-0.25, -0.2) is 0 Å². The molecule has 10 heteroatoms. The van der Waals surface area contributed by atoms with Crippen LogP contribution in [0.1, 0.15) is 36.6 Å². The summed E-state index contributed by atoms with van der Waals surface area (Å²) in [4.78, 5) is 15.9. The Labute approximate surface area is 196 Å². The molecule has 0 spiro atoms. The van der Waals surface area contributed by atoms with Crippen molar-refractivity contribution in [3.63, 3.8) is 0 Å². The van der Waals surface area contributed by atoms with Crippen LogP contribution < -0.4 is 0 Å². The molecule has 0 bridgehead atoms. The summed E-state index contributed by atoms with van der Waals surface area (Å²) in [6.07, 6.45) is -7.22. The third kappa shape index (κ3) is 4.87. The third-order valence-electron chi connectivity index (χ3n) is 5.48. The summed E-state index contributed by atoms with van der Waals surface area (Å²) in [5, 5.41) is 0. The number of pyridine rings is 4. The van der Waals surface area contributed by atoms with Crippen molar-refractivity contribution in [2.24, 2.45) is 0 Å². The zero-order valence-electron chi connectivity index (χ0n) is 18.5. The van der Waals surface area contributed by atoms with Crippen LogP contribution in [0.3, 0.4) is 0 Å². The summed E-state index contributed by atoms with van der Waals surface area (Å²) in [7, 11) is 0. The van der Waals surface area contributed by atoms with E-state index in [4.69, 9.17) is 0 Å². The minimum Gasteiger partial charge on any atom is -0.252 e. The third-order valence-corrected chi connectivity index (χ3v) is 5.48. The maximum atomic E-state index is 13.5. The number of halogens is 6. The summed E-state index contributed by atoms with van der Waals surface area (Å²) in [5.74, 6) is 0. The first kappa shape index (κ1) is 24.3. The highest BCUT2D eigenvalue weighted by Crippen LogP contribution is 2.38.